The van der Waals surface area contributed by atoms with Gasteiger partial charge in [0.05, 0.1) is 17.8 Å². The van der Waals surface area contributed by atoms with E-state index < -0.39 is 11.8 Å². The Balaban J connectivity index is 1.83. The summed E-state index contributed by atoms with van der Waals surface area (Å²) < 4.78 is 5.36. The summed E-state index contributed by atoms with van der Waals surface area (Å²) in [7, 11) is 3.86. The fourth-order valence-electron chi connectivity index (χ4n) is 3.14. The van der Waals surface area contributed by atoms with Crippen molar-refractivity contribution in [3.63, 3.8) is 0 Å². The Morgan fingerprint density at radius 2 is 1.75 bits per heavy atom. The minimum Gasteiger partial charge on any atom is -0.503 e. The quantitative estimate of drug-likeness (QED) is 0.226. The Kier molecular flexibility index (Phi) is 9.07. The average Bonchev–Trinajstić information content (AvgIpc) is 2.87. The van der Waals surface area contributed by atoms with E-state index in [-0.39, 0.29) is 22.2 Å². The first-order valence-corrected chi connectivity index (χ1v) is 11.5. The molecule has 0 heterocycles. The summed E-state index contributed by atoms with van der Waals surface area (Å²) in [5.41, 5.74) is 5.05. The number of amides is 2. The number of carbonyl (C=O) groups is 2. The Morgan fingerprint density at radius 1 is 1.06 bits per heavy atom. The molecule has 0 radical (unpaired) electrons. The van der Waals surface area contributed by atoms with Gasteiger partial charge in [-0.05, 0) is 60.5 Å². The van der Waals surface area contributed by atoms with Gasteiger partial charge in [0.1, 0.15) is 5.70 Å². The van der Waals surface area contributed by atoms with Gasteiger partial charge in [-0.2, -0.15) is 5.10 Å². The highest BCUT2D eigenvalue weighted by molar-refractivity contribution is 6.32. The summed E-state index contributed by atoms with van der Waals surface area (Å²) >= 11 is 6.04. The van der Waals surface area contributed by atoms with Crippen LogP contribution >= 0.6 is 11.6 Å². The zero-order valence-electron chi connectivity index (χ0n) is 20.2. The molecule has 0 aliphatic heterocycles. The first-order chi connectivity index (χ1) is 17.3. The second kappa shape index (κ2) is 12.4. The lowest BCUT2D eigenvalue weighted by atomic mass is 10.1. The van der Waals surface area contributed by atoms with Crippen molar-refractivity contribution >= 4 is 41.4 Å². The lowest BCUT2D eigenvalue weighted by Gasteiger charge is -2.12. The zero-order chi connectivity index (χ0) is 26.1. The van der Waals surface area contributed by atoms with E-state index in [2.05, 4.69) is 15.8 Å². The SMILES string of the molecule is CCOc1cc(C=NNC(=O)C(=Cc2ccc(N(C)C)cc2)NC(=O)c2ccccc2)cc(Cl)c1O. The molecule has 0 aliphatic rings. The van der Waals surface area contributed by atoms with Crippen molar-refractivity contribution in [3.05, 3.63) is 94.1 Å². The number of hydrogen-bond acceptors (Lipinski definition) is 6. The van der Waals surface area contributed by atoms with Gasteiger partial charge in [-0.15, -0.1) is 0 Å². The maximum Gasteiger partial charge on any atom is 0.287 e. The normalized spacial score (nSPS) is 11.3. The van der Waals surface area contributed by atoms with E-state index in [1.807, 2.05) is 43.3 Å². The van der Waals surface area contributed by atoms with Gasteiger partial charge in [0.2, 0.25) is 0 Å². The highest BCUT2D eigenvalue weighted by atomic mass is 35.5. The van der Waals surface area contributed by atoms with Gasteiger partial charge in [-0.1, -0.05) is 41.9 Å². The van der Waals surface area contributed by atoms with Crippen LogP contribution < -0.4 is 20.4 Å². The molecule has 0 bridgehead atoms. The third kappa shape index (κ3) is 7.10. The predicted molar refractivity (Wildman–Crippen MR) is 143 cm³/mol. The number of nitrogens with zero attached hydrogens (tertiary/aromatic N) is 2. The van der Waals surface area contributed by atoms with Crippen LogP contribution in [-0.4, -0.2) is 43.8 Å². The van der Waals surface area contributed by atoms with Crippen molar-refractivity contribution in [1.82, 2.24) is 10.7 Å². The second-order valence-electron chi connectivity index (χ2n) is 7.85. The Hall–Kier alpha value is -4.30. The van der Waals surface area contributed by atoms with Gasteiger partial charge in [0, 0.05) is 25.3 Å². The van der Waals surface area contributed by atoms with Crippen LogP contribution in [0.25, 0.3) is 6.08 Å². The Labute approximate surface area is 214 Å². The van der Waals surface area contributed by atoms with Crippen molar-refractivity contribution in [1.29, 1.82) is 0 Å². The van der Waals surface area contributed by atoms with E-state index in [0.717, 1.165) is 11.3 Å². The lowest BCUT2D eigenvalue weighted by molar-refractivity contribution is -0.117. The predicted octanol–water partition coefficient (Wildman–Crippen LogP) is 4.43. The summed E-state index contributed by atoms with van der Waals surface area (Å²) in [5, 5.41) is 16.7. The number of phenolic OH excluding ortho intramolecular Hbond substituents is 1. The van der Waals surface area contributed by atoms with Crippen LogP contribution in [0.5, 0.6) is 11.5 Å². The molecule has 3 N–H and O–H groups in total. The summed E-state index contributed by atoms with van der Waals surface area (Å²) in [6.07, 6.45) is 2.92. The number of carbonyl (C=O) groups excluding carboxylic acids is 2. The standard InChI is InChI=1S/C27H27ClN4O4/c1-4-36-24-16-19(14-22(28)25(24)33)17-29-31-27(35)23(30-26(34)20-8-6-5-7-9-20)15-18-10-12-21(13-11-18)32(2)3/h5-17,33H,4H2,1-3H3,(H,30,34)(H,31,35). The first kappa shape index (κ1) is 26.3. The van der Waals surface area contributed by atoms with Crippen molar-refractivity contribution in [2.75, 3.05) is 25.6 Å². The molecule has 8 nitrogen and oxygen atoms in total. The largest absolute Gasteiger partial charge is 0.503 e. The maximum atomic E-state index is 13.0. The molecule has 0 fully saturated rings. The van der Waals surface area contributed by atoms with Crippen LogP contribution in [-0.2, 0) is 4.79 Å². The van der Waals surface area contributed by atoms with E-state index in [4.69, 9.17) is 16.3 Å². The van der Waals surface area contributed by atoms with E-state index in [1.165, 1.54) is 12.3 Å². The van der Waals surface area contributed by atoms with E-state index >= 15 is 0 Å². The van der Waals surface area contributed by atoms with Gasteiger partial charge in [-0.25, -0.2) is 5.43 Å². The molecule has 0 spiro atoms. The van der Waals surface area contributed by atoms with E-state index in [1.54, 1.807) is 49.4 Å². The number of ether oxygens (including phenoxy) is 1. The molecule has 0 atom stereocenters. The molecule has 3 aromatic rings. The third-order valence-electron chi connectivity index (χ3n) is 4.98. The van der Waals surface area contributed by atoms with Crippen molar-refractivity contribution in [3.8, 4) is 11.5 Å². The van der Waals surface area contributed by atoms with Gasteiger partial charge < -0.3 is 20.1 Å². The molecule has 0 saturated carbocycles. The van der Waals surface area contributed by atoms with Crippen molar-refractivity contribution < 1.29 is 19.4 Å². The molecule has 3 rings (SSSR count). The summed E-state index contributed by atoms with van der Waals surface area (Å²) in [6, 6.07) is 19.1. The van der Waals surface area contributed by atoms with Crippen LogP contribution in [0.4, 0.5) is 5.69 Å². The molecule has 0 saturated heterocycles. The van der Waals surface area contributed by atoms with Crippen molar-refractivity contribution in [2.45, 2.75) is 6.92 Å². The van der Waals surface area contributed by atoms with Crippen LogP contribution in [0, 0.1) is 0 Å². The fraction of sp³-hybridized carbons (Fsp3) is 0.148. The van der Waals surface area contributed by atoms with Crippen molar-refractivity contribution in [2.24, 2.45) is 5.10 Å². The molecule has 0 aliphatic carbocycles. The molecule has 186 valence electrons. The number of hydrazone groups is 1. The summed E-state index contributed by atoms with van der Waals surface area (Å²) in [4.78, 5) is 27.6. The molecular weight excluding hydrogens is 480 g/mol. The highest BCUT2D eigenvalue weighted by Gasteiger charge is 2.15. The zero-order valence-corrected chi connectivity index (χ0v) is 20.9. The van der Waals surface area contributed by atoms with E-state index in [9.17, 15) is 14.7 Å². The minimum atomic E-state index is -0.623. The van der Waals surface area contributed by atoms with Crippen LogP contribution in [0.2, 0.25) is 5.02 Å². The number of rotatable bonds is 9. The molecule has 9 heteroatoms. The van der Waals surface area contributed by atoms with Gasteiger partial charge >= 0.3 is 0 Å². The van der Waals surface area contributed by atoms with Crippen LogP contribution in [0.3, 0.4) is 0 Å². The van der Waals surface area contributed by atoms with Crippen LogP contribution in [0.1, 0.15) is 28.4 Å². The number of aromatic hydroxyl groups is 1. The fourth-order valence-corrected chi connectivity index (χ4v) is 3.36. The summed E-state index contributed by atoms with van der Waals surface area (Å²) in [5.74, 6) is -1.02. The second-order valence-corrected chi connectivity index (χ2v) is 8.25. The number of hydrogen-bond donors (Lipinski definition) is 3. The van der Waals surface area contributed by atoms with Gasteiger partial charge in [0.25, 0.3) is 11.8 Å². The van der Waals surface area contributed by atoms with E-state index in [0.29, 0.717) is 17.7 Å². The Bertz CT molecular complexity index is 1270. The lowest BCUT2D eigenvalue weighted by Crippen LogP contribution is -2.32. The molecule has 0 unspecified atom stereocenters. The molecular formula is C27H27ClN4O4. The van der Waals surface area contributed by atoms with Gasteiger partial charge in [0.15, 0.2) is 11.5 Å². The number of anilines is 1. The molecule has 3 aromatic carbocycles. The molecule has 2 amide bonds. The smallest absolute Gasteiger partial charge is 0.287 e. The third-order valence-corrected chi connectivity index (χ3v) is 5.27. The first-order valence-electron chi connectivity index (χ1n) is 11.1. The molecule has 0 aromatic heterocycles. The maximum absolute atomic E-state index is 13.0. The number of halogens is 1. The topological polar surface area (TPSA) is 103 Å². The Morgan fingerprint density at radius 3 is 2.39 bits per heavy atom. The van der Waals surface area contributed by atoms with Crippen LogP contribution in [0.15, 0.2) is 77.5 Å². The average molecular weight is 507 g/mol. The number of nitrogens with one attached hydrogen (secondary N) is 2. The number of phenols is 1. The highest BCUT2D eigenvalue weighted by Crippen LogP contribution is 2.34. The summed E-state index contributed by atoms with van der Waals surface area (Å²) in [6.45, 7) is 2.12. The van der Waals surface area contributed by atoms with Gasteiger partial charge in [-0.3, -0.25) is 9.59 Å². The number of benzene rings is 3. The molecule has 36 heavy (non-hydrogen) atoms. The minimum absolute atomic E-state index is 0.0114. The monoisotopic (exact) mass is 506 g/mol.